The number of aryl methyl sites for hydroxylation is 2. The lowest BCUT2D eigenvalue weighted by molar-refractivity contribution is -0.125. The summed E-state index contributed by atoms with van der Waals surface area (Å²) < 4.78 is 0. The van der Waals surface area contributed by atoms with Gasteiger partial charge in [-0.1, -0.05) is 30.2 Å². The molecule has 0 saturated heterocycles. The second-order valence-electron chi connectivity index (χ2n) is 6.38. The van der Waals surface area contributed by atoms with E-state index in [2.05, 4.69) is 37.4 Å². The van der Waals surface area contributed by atoms with Gasteiger partial charge in [-0.05, 0) is 56.7 Å². The van der Waals surface area contributed by atoms with Gasteiger partial charge in [-0.3, -0.25) is 4.79 Å². The summed E-state index contributed by atoms with van der Waals surface area (Å²) in [5, 5.41) is 3.12. The van der Waals surface area contributed by atoms with E-state index in [0.29, 0.717) is 13.0 Å². The maximum atomic E-state index is 12.2. The van der Waals surface area contributed by atoms with Gasteiger partial charge >= 0.3 is 0 Å². The minimum atomic E-state index is 0.0537. The standard InChI is InChI=1S/C17H26N2O/c1-12-5-6-15(13(2)9-12)14(3)19-16(20)10-17(11-18)7-4-8-17/h5-6,9,14H,4,7-8,10-11,18H2,1-3H3,(H,19,20). The van der Waals surface area contributed by atoms with E-state index in [1.807, 2.05) is 6.92 Å². The highest BCUT2D eigenvalue weighted by molar-refractivity contribution is 5.77. The molecule has 1 amide bonds. The van der Waals surface area contributed by atoms with Crippen molar-refractivity contribution in [2.75, 3.05) is 6.54 Å². The summed E-state index contributed by atoms with van der Waals surface area (Å²) in [6.07, 6.45) is 3.96. The molecule has 3 nitrogen and oxygen atoms in total. The van der Waals surface area contributed by atoms with Crippen LogP contribution in [0.5, 0.6) is 0 Å². The summed E-state index contributed by atoms with van der Waals surface area (Å²) in [5.41, 5.74) is 9.57. The molecule has 1 unspecified atom stereocenters. The van der Waals surface area contributed by atoms with Crippen molar-refractivity contribution in [1.29, 1.82) is 0 Å². The van der Waals surface area contributed by atoms with E-state index in [1.165, 1.54) is 23.1 Å². The summed E-state index contributed by atoms with van der Waals surface area (Å²) in [6, 6.07) is 6.42. The fourth-order valence-electron chi connectivity index (χ4n) is 3.15. The molecule has 1 aliphatic rings. The molecule has 3 heteroatoms. The Morgan fingerprint density at radius 2 is 2.10 bits per heavy atom. The summed E-state index contributed by atoms with van der Waals surface area (Å²) in [5.74, 6) is 0.127. The molecule has 0 bridgehead atoms. The molecule has 20 heavy (non-hydrogen) atoms. The van der Waals surface area contributed by atoms with Crippen LogP contribution in [0.1, 0.15) is 55.3 Å². The first-order valence-electron chi connectivity index (χ1n) is 7.52. The normalized spacial score (nSPS) is 18.2. The van der Waals surface area contributed by atoms with Crippen LogP contribution < -0.4 is 11.1 Å². The minimum Gasteiger partial charge on any atom is -0.350 e. The van der Waals surface area contributed by atoms with Gasteiger partial charge in [0, 0.05) is 6.42 Å². The molecule has 1 saturated carbocycles. The van der Waals surface area contributed by atoms with Crippen LogP contribution in [0, 0.1) is 19.3 Å². The fourth-order valence-corrected chi connectivity index (χ4v) is 3.15. The maximum Gasteiger partial charge on any atom is 0.221 e. The van der Waals surface area contributed by atoms with Gasteiger partial charge in [-0.2, -0.15) is 0 Å². The van der Waals surface area contributed by atoms with Crippen LogP contribution in [0.15, 0.2) is 18.2 Å². The molecular formula is C17H26N2O. The van der Waals surface area contributed by atoms with Gasteiger partial charge < -0.3 is 11.1 Å². The molecule has 1 atom stereocenters. The summed E-state index contributed by atoms with van der Waals surface area (Å²) in [7, 11) is 0. The van der Waals surface area contributed by atoms with E-state index in [1.54, 1.807) is 0 Å². The second kappa shape index (κ2) is 5.96. The van der Waals surface area contributed by atoms with Crippen molar-refractivity contribution in [1.82, 2.24) is 5.32 Å². The number of nitrogens with two attached hydrogens (primary N) is 1. The summed E-state index contributed by atoms with van der Waals surface area (Å²) in [4.78, 5) is 12.2. The summed E-state index contributed by atoms with van der Waals surface area (Å²) in [6.45, 7) is 6.85. The Hall–Kier alpha value is -1.35. The molecule has 0 aliphatic heterocycles. The molecule has 1 aliphatic carbocycles. The first-order chi connectivity index (χ1) is 9.46. The van der Waals surface area contributed by atoms with Crippen molar-refractivity contribution < 1.29 is 4.79 Å². The fraction of sp³-hybridized carbons (Fsp3) is 0.588. The molecule has 0 heterocycles. The Labute approximate surface area is 121 Å². The quantitative estimate of drug-likeness (QED) is 0.867. The Morgan fingerprint density at radius 3 is 2.60 bits per heavy atom. The van der Waals surface area contributed by atoms with Gasteiger partial charge in [0.1, 0.15) is 0 Å². The lowest BCUT2D eigenvalue weighted by Crippen LogP contribution is -2.42. The van der Waals surface area contributed by atoms with E-state index in [0.717, 1.165) is 12.8 Å². The molecular weight excluding hydrogens is 248 g/mol. The van der Waals surface area contributed by atoms with Crippen molar-refractivity contribution in [3.05, 3.63) is 34.9 Å². The SMILES string of the molecule is Cc1ccc(C(C)NC(=O)CC2(CN)CCC2)c(C)c1. The smallest absolute Gasteiger partial charge is 0.221 e. The van der Waals surface area contributed by atoms with Crippen LogP contribution in [-0.4, -0.2) is 12.5 Å². The molecule has 1 aromatic rings. The molecule has 1 aromatic carbocycles. The zero-order chi connectivity index (χ0) is 14.8. The third kappa shape index (κ3) is 3.21. The zero-order valence-electron chi connectivity index (χ0n) is 12.8. The van der Waals surface area contributed by atoms with E-state index in [9.17, 15) is 4.79 Å². The lowest BCUT2D eigenvalue weighted by Gasteiger charge is -2.40. The van der Waals surface area contributed by atoms with Crippen LogP contribution in [-0.2, 0) is 4.79 Å². The number of carbonyl (C=O) groups is 1. The zero-order valence-corrected chi connectivity index (χ0v) is 12.8. The predicted molar refractivity (Wildman–Crippen MR) is 82.4 cm³/mol. The van der Waals surface area contributed by atoms with Crippen molar-refractivity contribution in [2.24, 2.45) is 11.1 Å². The van der Waals surface area contributed by atoms with Crippen LogP contribution in [0.25, 0.3) is 0 Å². The van der Waals surface area contributed by atoms with Crippen molar-refractivity contribution in [3.63, 3.8) is 0 Å². The largest absolute Gasteiger partial charge is 0.350 e. The molecule has 0 aromatic heterocycles. The monoisotopic (exact) mass is 274 g/mol. The molecule has 1 fully saturated rings. The molecule has 110 valence electrons. The number of benzene rings is 1. The second-order valence-corrected chi connectivity index (χ2v) is 6.38. The first-order valence-corrected chi connectivity index (χ1v) is 7.52. The molecule has 3 N–H and O–H groups in total. The highest BCUT2D eigenvalue weighted by Gasteiger charge is 2.37. The molecule has 2 rings (SSSR count). The van der Waals surface area contributed by atoms with Crippen molar-refractivity contribution in [2.45, 2.75) is 52.5 Å². The van der Waals surface area contributed by atoms with Crippen LogP contribution in [0.3, 0.4) is 0 Å². The third-order valence-corrected chi connectivity index (χ3v) is 4.65. The highest BCUT2D eigenvalue weighted by atomic mass is 16.1. The number of rotatable bonds is 5. The van der Waals surface area contributed by atoms with Gasteiger partial charge in [-0.15, -0.1) is 0 Å². The van der Waals surface area contributed by atoms with Gasteiger partial charge in [-0.25, -0.2) is 0 Å². The van der Waals surface area contributed by atoms with Crippen LogP contribution in [0.2, 0.25) is 0 Å². The van der Waals surface area contributed by atoms with Crippen molar-refractivity contribution in [3.8, 4) is 0 Å². The van der Waals surface area contributed by atoms with Crippen LogP contribution >= 0.6 is 0 Å². The number of hydrogen-bond donors (Lipinski definition) is 2. The number of amides is 1. The van der Waals surface area contributed by atoms with Crippen LogP contribution in [0.4, 0.5) is 0 Å². The summed E-state index contributed by atoms with van der Waals surface area (Å²) >= 11 is 0. The average molecular weight is 274 g/mol. The Morgan fingerprint density at radius 1 is 1.40 bits per heavy atom. The van der Waals surface area contributed by atoms with E-state index >= 15 is 0 Å². The van der Waals surface area contributed by atoms with E-state index < -0.39 is 0 Å². The Balaban J connectivity index is 1.96. The molecule has 0 spiro atoms. The van der Waals surface area contributed by atoms with Gasteiger partial charge in [0.25, 0.3) is 0 Å². The first kappa shape index (κ1) is 15.0. The minimum absolute atomic E-state index is 0.0537. The Kier molecular flexibility index (Phi) is 4.48. The van der Waals surface area contributed by atoms with E-state index in [-0.39, 0.29) is 17.4 Å². The highest BCUT2D eigenvalue weighted by Crippen LogP contribution is 2.42. The van der Waals surface area contributed by atoms with Gasteiger partial charge in [0.2, 0.25) is 5.91 Å². The maximum absolute atomic E-state index is 12.2. The average Bonchev–Trinajstić information content (AvgIpc) is 2.33. The van der Waals surface area contributed by atoms with Gasteiger partial charge in [0.05, 0.1) is 6.04 Å². The lowest BCUT2D eigenvalue weighted by atomic mass is 9.66. The topological polar surface area (TPSA) is 55.1 Å². The van der Waals surface area contributed by atoms with E-state index in [4.69, 9.17) is 5.73 Å². The third-order valence-electron chi connectivity index (χ3n) is 4.65. The Bertz CT molecular complexity index is 486. The number of nitrogens with one attached hydrogen (secondary N) is 1. The number of hydrogen-bond acceptors (Lipinski definition) is 2. The predicted octanol–water partition coefficient (Wildman–Crippen LogP) is 3.00. The van der Waals surface area contributed by atoms with Crippen molar-refractivity contribution >= 4 is 5.91 Å². The molecule has 0 radical (unpaired) electrons. The number of carbonyl (C=O) groups excluding carboxylic acids is 1. The van der Waals surface area contributed by atoms with Gasteiger partial charge in [0.15, 0.2) is 0 Å².